The van der Waals surface area contributed by atoms with E-state index in [4.69, 9.17) is 4.74 Å². The fourth-order valence-electron chi connectivity index (χ4n) is 2.56. The summed E-state index contributed by atoms with van der Waals surface area (Å²) >= 11 is 0. The smallest absolute Gasteiger partial charge is 0.115 e. The zero-order chi connectivity index (χ0) is 11.4. The van der Waals surface area contributed by atoms with Crippen LogP contribution in [0.1, 0.15) is 38.5 Å². The van der Waals surface area contributed by atoms with Crippen LogP contribution in [0, 0.1) is 0 Å². The summed E-state index contributed by atoms with van der Waals surface area (Å²) in [5.74, 6) is 0. The van der Waals surface area contributed by atoms with Crippen molar-refractivity contribution in [2.75, 3.05) is 19.8 Å². The van der Waals surface area contributed by atoms with Crippen molar-refractivity contribution >= 4 is 0 Å². The Kier molecular flexibility index (Phi) is 4.16. The maximum atomic E-state index is 13.6. The van der Waals surface area contributed by atoms with Crippen LogP contribution in [0.15, 0.2) is 0 Å². The van der Waals surface area contributed by atoms with Gasteiger partial charge in [-0.1, -0.05) is 12.8 Å². The number of alkyl halides is 1. The van der Waals surface area contributed by atoms with Crippen LogP contribution >= 0.6 is 0 Å². The first-order valence-corrected chi connectivity index (χ1v) is 6.37. The van der Waals surface area contributed by atoms with E-state index in [-0.39, 0.29) is 6.04 Å². The Morgan fingerprint density at radius 2 is 1.94 bits per heavy atom. The summed E-state index contributed by atoms with van der Waals surface area (Å²) in [4.78, 5) is 0. The third kappa shape index (κ3) is 3.15. The van der Waals surface area contributed by atoms with Gasteiger partial charge in [0.1, 0.15) is 6.17 Å². The molecule has 0 spiro atoms. The quantitative estimate of drug-likeness (QED) is 0.771. The minimum Gasteiger partial charge on any atom is -0.388 e. The molecule has 1 aliphatic carbocycles. The summed E-state index contributed by atoms with van der Waals surface area (Å²) in [5, 5.41) is 13.4. The first kappa shape index (κ1) is 12.3. The number of hydrogen-bond acceptors (Lipinski definition) is 3. The molecule has 2 rings (SSSR count). The third-order valence-electron chi connectivity index (χ3n) is 3.80. The maximum Gasteiger partial charge on any atom is 0.115 e. The van der Waals surface area contributed by atoms with Crippen LogP contribution in [0.3, 0.4) is 0 Å². The molecular weight excluding hydrogens is 209 g/mol. The highest BCUT2D eigenvalue weighted by atomic mass is 19.1. The lowest BCUT2D eigenvalue weighted by molar-refractivity contribution is -0.0643. The largest absolute Gasteiger partial charge is 0.388 e. The average Bonchev–Trinajstić information content (AvgIpc) is 2.29. The molecule has 16 heavy (non-hydrogen) atoms. The first-order chi connectivity index (χ1) is 7.70. The van der Waals surface area contributed by atoms with E-state index in [0.717, 1.165) is 19.3 Å². The summed E-state index contributed by atoms with van der Waals surface area (Å²) in [5.41, 5.74) is -0.685. The molecule has 2 aliphatic rings. The van der Waals surface area contributed by atoms with Crippen molar-refractivity contribution in [1.82, 2.24) is 5.32 Å². The van der Waals surface area contributed by atoms with Crippen LogP contribution in [0.4, 0.5) is 4.39 Å². The number of hydrogen-bond donors (Lipinski definition) is 2. The molecule has 2 N–H and O–H groups in total. The SMILES string of the molecule is OC1(CN[C@@H]2CCCC[C@H]2F)CCOCC1. The van der Waals surface area contributed by atoms with E-state index < -0.39 is 11.8 Å². The Morgan fingerprint density at radius 3 is 2.62 bits per heavy atom. The van der Waals surface area contributed by atoms with E-state index in [1.807, 2.05) is 0 Å². The molecule has 1 saturated heterocycles. The van der Waals surface area contributed by atoms with E-state index in [1.165, 1.54) is 0 Å². The molecular formula is C12H22FNO2. The van der Waals surface area contributed by atoms with Crippen LogP contribution in [0.2, 0.25) is 0 Å². The van der Waals surface area contributed by atoms with Crippen LogP contribution in [-0.2, 0) is 4.74 Å². The fraction of sp³-hybridized carbons (Fsp3) is 1.00. The Morgan fingerprint density at radius 1 is 1.25 bits per heavy atom. The van der Waals surface area contributed by atoms with Crippen LogP contribution in [-0.4, -0.2) is 42.7 Å². The number of aliphatic hydroxyl groups is 1. The van der Waals surface area contributed by atoms with E-state index in [9.17, 15) is 9.50 Å². The van der Waals surface area contributed by atoms with Gasteiger partial charge >= 0.3 is 0 Å². The topological polar surface area (TPSA) is 41.5 Å². The lowest BCUT2D eigenvalue weighted by Gasteiger charge is -2.35. The standard InChI is InChI=1S/C12H22FNO2/c13-10-3-1-2-4-11(10)14-9-12(15)5-7-16-8-6-12/h10-11,14-15H,1-9H2/t10-,11-/m1/s1. The monoisotopic (exact) mass is 231 g/mol. The molecule has 0 amide bonds. The molecule has 94 valence electrons. The van der Waals surface area contributed by atoms with Crippen molar-refractivity contribution in [3.05, 3.63) is 0 Å². The highest BCUT2D eigenvalue weighted by Gasteiger charge is 2.32. The number of nitrogens with one attached hydrogen (secondary N) is 1. The third-order valence-corrected chi connectivity index (χ3v) is 3.80. The Hall–Kier alpha value is -0.190. The van der Waals surface area contributed by atoms with Crippen molar-refractivity contribution in [2.45, 2.75) is 56.3 Å². The molecule has 3 nitrogen and oxygen atoms in total. The van der Waals surface area contributed by atoms with Gasteiger partial charge in [0.05, 0.1) is 5.60 Å². The summed E-state index contributed by atoms with van der Waals surface area (Å²) in [6, 6.07) is -0.0550. The van der Waals surface area contributed by atoms with Crippen LogP contribution in [0.5, 0.6) is 0 Å². The van der Waals surface area contributed by atoms with Crippen molar-refractivity contribution in [3.8, 4) is 0 Å². The van der Waals surface area contributed by atoms with Gasteiger partial charge in [-0.15, -0.1) is 0 Å². The summed E-state index contributed by atoms with van der Waals surface area (Å²) in [7, 11) is 0. The Labute approximate surface area is 96.4 Å². The molecule has 0 aromatic heterocycles. The van der Waals surface area contributed by atoms with E-state index in [1.54, 1.807) is 0 Å². The van der Waals surface area contributed by atoms with Gasteiger partial charge in [0, 0.05) is 38.6 Å². The summed E-state index contributed by atoms with van der Waals surface area (Å²) < 4.78 is 18.8. The zero-order valence-electron chi connectivity index (χ0n) is 9.75. The molecule has 4 heteroatoms. The lowest BCUT2D eigenvalue weighted by Crippen LogP contribution is -2.50. The van der Waals surface area contributed by atoms with E-state index >= 15 is 0 Å². The van der Waals surface area contributed by atoms with Crippen molar-refractivity contribution in [2.24, 2.45) is 0 Å². The van der Waals surface area contributed by atoms with Gasteiger partial charge in [-0.25, -0.2) is 4.39 Å². The van der Waals surface area contributed by atoms with Gasteiger partial charge in [-0.3, -0.25) is 0 Å². The highest BCUT2D eigenvalue weighted by molar-refractivity contribution is 4.88. The average molecular weight is 231 g/mol. The number of halogens is 1. The maximum absolute atomic E-state index is 13.6. The minimum absolute atomic E-state index is 0.0550. The lowest BCUT2D eigenvalue weighted by atomic mass is 9.90. The van der Waals surface area contributed by atoms with Gasteiger partial charge in [-0.2, -0.15) is 0 Å². The molecule has 2 atom stereocenters. The first-order valence-electron chi connectivity index (χ1n) is 6.37. The second kappa shape index (κ2) is 5.43. The van der Waals surface area contributed by atoms with Gasteiger partial charge in [0.2, 0.25) is 0 Å². The van der Waals surface area contributed by atoms with Crippen molar-refractivity contribution in [3.63, 3.8) is 0 Å². The van der Waals surface area contributed by atoms with Gasteiger partial charge in [0.25, 0.3) is 0 Å². The molecule has 0 aromatic rings. The number of ether oxygens (including phenoxy) is 1. The normalized spacial score (nSPS) is 34.9. The molecule has 0 bridgehead atoms. The molecule has 1 aliphatic heterocycles. The van der Waals surface area contributed by atoms with E-state index in [2.05, 4.69) is 5.32 Å². The predicted octanol–water partition coefficient (Wildman–Crippen LogP) is 1.40. The minimum atomic E-state index is -0.739. The fourth-order valence-corrected chi connectivity index (χ4v) is 2.56. The number of rotatable bonds is 3. The molecule has 0 unspecified atom stereocenters. The van der Waals surface area contributed by atoms with Gasteiger partial charge in [-0.05, 0) is 12.8 Å². The molecule has 0 aromatic carbocycles. The molecule has 1 saturated carbocycles. The zero-order valence-corrected chi connectivity index (χ0v) is 9.75. The molecule has 0 radical (unpaired) electrons. The Balaban J connectivity index is 1.76. The second-order valence-electron chi connectivity index (χ2n) is 5.12. The van der Waals surface area contributed by atoms with Crippen molar-refractivity contribution in [1.29, 1.82) is 0 Å². The predicted molar refractivity (Wildman–Crippen MR) is 60.2 cm³/mol. The van der Waals surface area contributed by atoms with Gasteiger partial charge in [0.15, 0.2) is 0 Å². The van der Waals surface area contributed by atoms with Gasteiger partial charge < -0.3 is 15.2 Å². The highest BCUT2D eigenvalue weighted by Crippen LogP contribution is 2.23. The molecule has 1 heterocycles. The van der Waals surface area contributed by atoms with E-state index in [0.29, 0.717) is 39.0 Å². The van der Waals surface area contributed by atoms with Crippen LogP contribution < -0.4 is 5.32 Å². The molecule has 2 fully saturated rings. The Bertz CT molecular complexity index is 219. The second-order valence-corrected chi connectivity index (χ2v) is 5.12. The summed E-state index contributed by atoms with van der Waals surface area (Å²) in [6.07, 6.45) is 4.23. The summed E-state index contributed by atoms with van der Waals surface area (Å²) in [6.45, 7) is 1.73. The van der Waals surface area contributed by atoms with Crippen LogP contribution in [0.25, 0.3) is 0 Å². The van der Waals surface area contributed by atoms with Crippen molar-refractivity contribution < 1.29 is 14.2 Å².